The van der Waals surface area contributed by atoms with Crippen molar-refractivity contribution < 1.29 is 4.79 Å². The number of nitrogens with one attached hydrogen (secondary N) is 2. The predicted molar refractivity (Wildman–Crippen MR) is 75.8 cm³/mol. The molecule has 0 aliphatic carbocycles. The second-order valence-electron chi connectivity index (χ2n) is 5.53. The van der Waals surface area contributed by atoms with E-state index >= 15 is 0 Å². The normalized spacial score (nSPS) is 13.4. The summed E-state index contributed by atoms with van der Waals surface area (Å²) in [5.74, 6) is 0.0621. The van der Waals surface area contributed by atoms with Crippen LogP contribution < -0.4 is 10.6 Å². The number of aryl methyl sites for hydroxylation is 1. The summed E-state index contributed by atoms with van der Waals surface area (Å²) >= 11 is 1.62. The Bertz CT molecular complexity index is 395. The molecule has 5 heteroatoms. The summed E-state index contributed by atoms with van der Waals surface area (Å²) in [5, 5.41) is 7.22. The van der Waals surface area contributed by atoms with Gasteiger partial charge in [-0.2, -0.15) is 0 Å². The van der Waals surface area contributed by atoms with Crippen molar-refractivity contribution in [1.29, 1.82) is 0 Å². The zero-order valence-electron chi connectivity index (χ0n) is 11.8. The topological polar surface area (TPSA) is 54.0 Å². The maximum Gasteiger partial charge on any atom is 0.221 e. The maximum atomic E-state index is 11.7. The van der Waals surface area contributed by atoms with Crippen molar-refractivity contribution in [2.24, 2.45) is 0 Å². The third-order valence-electron chi connectivity index (χ3n) is 2.39. The van der Waals surface area contributed by atoms with Crippen molar-refractivity contribution in [2.45, 2.75) is 52.6 Å². The number of amides is 1. The van der Waals surface area contributed by atoms with Crippen LogP contribution in [-0.2, 0) is 4.79 Å². The molecule has 1 rings (SSSR count). The smallest absolute Gasteiger partial charge is 0.221 e. The predicted octanol–water partition coefficient (Wildman–Crippen LogP) is 2.41. The molecule has 18 heavy (non-hydrogen) atoms. The van der Waals surface area contributed by atoms with E-state index in [-0.39, 0.29) is 17.5 Å². The standard InChI is InChI=1S/C13H23N3OS/c1-9-8-14-12(18-9)10(2)16-11(17)6-7-15-13(3,4)5/h8,10,15H,6-7H2,1-5H3,(H,16,17). The summed E-state index contributed by atoms with van der Waals surface area (Å²) in [7, 11) is 0. The average molecular weight is 269 g/mol. The van der Waals surface area contributed by atoms with E-state index in [0.29, 0.717) is 13.0 Å². The Labute approximate surface area is 113 Å². The summed E-state index contributed by atoms with van der Waals surface area (Å²) in [6.07, 6.45) is 2.33. The molecule has 1 unspecified atom stereocenters. The van der Waals surface area contributed by atoms with Gasteiger partial charge >= 0.3 is 0 Å². The van der Waals surface area contributed by atoms with Crippen LogP contribution >= 0.6 is 11.3 Å². The molecule has 0 aromatic carbocycles. The third-order valence-corrected chi connectivity index (χ3v) is 3.49. The van der Waals surface area contributed by atoms with Crippen LogP contribution in [0, 0.1) is 6.92 Å². The molecular weight excluding hydrogens is 246 g/mol. The highest BCUT2D eigenvalue weighted by molar-refractivity contribution is 7.11. The lowest BCUT2D eigenvalue weighted by Gasteiger charge is -2.20. The molecule has 0 saturated heterocycles. The first-order valence-corrected chi connectivity index (χ1v) is 7.06. The van der Waals surface area contributed by atoms with Gasteiger partial charge in [-0.25, -0.2) is 4.98 Å². The fraction of sp³-hybridized carbons (Fsp3) is 0.692. The van der Waals surface area contributed by atoms with Gasteiger partial charge in [-0.05, 0) is 34.6 Å². The molecule has 0 bridgehead atoms. The van der Waals surface area contributed by atoms with E-state index in [2.05, 4.69) is 36.4 Å². The van der Waals surface area contributed by atoms with Gasteiger partial charge in [0.05, 0.1) is 6.04 Å². The summed E-state index contributed by atoms with van der Waals surface area (Å²) < 4.78 is 0. The largest absolute Gasteiger partial charge is 0.347 e. The van der Waals surface area contributed by atoms with Gasteiger partial charge in [0.15, 0.2) is 0 Å². The average Bonchev–Trinajstić information content (AvgIpc) is 2.62. The highest BCUT2D eigenvalue weighted by Gasteiger charge is 2.13. The molecule has 1 aromatic rings. The van der Waals surface area contributed by atoms with Crippen LogP contribution in [-0.4, -0.2) is 23.0 Å². The van der Waals surface area contributed by atoms with Crippen molar-refractivity contribution in [3.05, 3.63) is 16.1 Å². The van der Waals surface area contributed by atoms with E-state index in [1.54, 1.807) is 11.3 Å². The van der Waals surface area contributed by atoms with Crippen LogP contribution in [0.2, 0.25) is 0 Å². The molecule has 4 nitrogen and oxygen atoms in total. The molecule has 2 N–H and O–H groups in total. The minimum Gasteiger partial charge on any atom is -0.347 e. The molecule has 1 atom stereocenters. The Morgan fingerprint density at radius 1 is 1.50 bits per heavy atom. The van der Waals surface area contributed by atoms with E-state index in [4.69, 9.17) is 0 Å². The van der Waals surface area contributed by atoms with Gasteiger partial charge in [-0.15, -0.1) is 11.3 Å². The lowest BCUT2D eigenvalue weighted by molar-refractivity contribution is -0.121. The van der Waals surface area contributed by atoms with Crippen molar-refractivity contribution in [3.8, 4) is 0 Å². The minimum absolute atomic E-state index is 0.00848. The summed E-state index contributed by atoms with van der Waals surface area (Å²) in [4.78, 5) is 17.2. The van der Waals surface area contributed by atoms with Gasteiger partial charge in [0, 0.05) is 29.6 Å². The lowest BCUT2D eigenvalue weighted by Crippen LogP contribution is -2.38. The van der Waals surface area contributed by atoms with Gasteiger partial charge in [-0.3, -0.25) is 4.79 Å². The number of hydrogen-bond donors (Lipinski definition) is 2. The van der Waals surface area contributed by atoms with Crippen LogP contribution in [0.4, 0.5) is 0 Å². The monoisotopic (exact) mass is 269 g/mol. The van der Waals surface area contributed by atoms with Gasteiger partial charge in [0.25, 0.3) is 0 Å². The highest BCUT2D eigenvalue weighted by atomic mass is 32.1. The third kappa shape index (κ3) is 5.60. The summed E-state index contributed by atoms with van der Waals surface area (Å²) in [6, 6.07) is -0.00848. The van der Waals surface area contributed by atoms with Crippen LogP contribution in [0.1, 0.15) is 50.0 Å². The van der Waals surface area contributed by atoms with Gasteiger partial charge in [0.2, 0.25) is 5.91 Å². The van der Waals surface area contributed by atoms with Crippen LogP contribution in [0.3, 0.4) is 0 Å². The molecule has 0 aliphatic heterocycles. The Kier molecular flexibility index (Phi) is 5.28. The molecule has 0 aliphatic rings. The zero-order valence-corrected chi connectivity index (χ0v) is 12.6. The molecule has 1 aromatic heterocycles. The van der Waals surface area contributed by atoms with Gasteiger partial charge in [0.1, 0.15) is 5.01 Å². The highest BCUT2D eigenvalue weighted by Crippen LogP contribution is 2.18. The molecule has 0 saturated carbocycles. The maximum absolute atomic E-state index is 11.7. The van der Waals surface area contributed by atoms with Crippen LogP contribution in [0.15, 0.2) is 6.20 Å². The Balaban J connectivity index is 2.32. The first-order valence-electron chi connectivity index (χ1n) is 6.24. The number of thiazole rings is 1. The first kappa shape index (κ1) is 15.1. The van der Waals surface area contributed by atoms with E-state index in [1.165, 1.54) is 4.88 Å². The Morgan fingerprint density at radius 2 is 2.17 bits per heavy atom. The van der Waals surface area contributed by atoms with E-state index in [9.17, 15) is 4.79 Å². The van der Waals surface area contributed by atoms with E-state index in [1.807, 2.05) is 20.0 Å². The minimum atomic E-state index is -0.00848. The Morgan fingerprint density at radius 3 is 2.67 bits per heavy atom. The Hall–Kier alpha value is -0.940. The lowest BCUT2D eigenvalue weighted by atomic mass is 10.1. The fourth-order valence-electron chi connectivity index (χ4n) is 1.50. The second kappa shape index (κ2) is 6.29. The molecule has 1 heterocycles. The molecule has 0 spiro atoms. The van der Waals surface area contributed by atoms with Crippen molar-refractivity contribution >= 4 is 17.2 Å². The van der Waals surface area contributed by atoms with Crippen molar-refractivity contribution in [1.82, 2.24) is 15.6 Å². The fourth-order valence-corrected chi connectivity index (χ4v) is 2.28. The number of carbonyl (C=O) groups excluding carboxylic acids is 1. The summed E-state index contributed by atoms with van der Waals surface area (Å²) in [6.45, 7) is 10.9. The first-order chi connectivity index (χ1) is 8.28. The van der Waals surface area contributed by atoms with Crippen LogP contribution in [0.5, 0.6) is 0 Å². The molecule has 102 valence electrons. The van der Waals surface area contributed by atoms with Crippen LogP contribution in [0.25, 0.3) is 0 Å². The molecule has 1 amide bonds. The van der Waals surface area contributed by atoms with E-state index < -0.39 is 0 Å². The number of nitrogens with zero attached hydrogens (tertiary/aromatic N) is 1. The number of carbonyl (C=O) groups is 1. The second-order valence-corrected chi connectivity index (χ2v) is 6.79. The van der Waals surface area contributed by atoms with Gasteiger partial charge < -0.3 is 10.6 Å². The summed E-state index contributed by atoms with van der Waals surface area (Å²) in [5.41, 5.74) is 0.0539. The van der Waals surface area contributed by atoms with Crippen molar-refractivity contribution in [2.75, 3.05) is 6.54 Å². The molecular formula is C13H23N3OS. The van der Waals surface area contributed by atoms with Gasteiger partial charge in [-0.1, -0.05) is 0 Å². The zero-order chi connectivity index (χ0) is 13.8. The van der Waals surface area contributed by atoms with Crippen molar-refractivity contribution in [3.63, 3.8) is 0 Å². The number of aromatic nitrogens is 1. The molecule has 0 radical (unpaired) electrons. The quantitative estimate of drug-likeness (QED) is 0.863. The SMILES string of the molecule is Cc1cnc(C(C)NC(=O)CCNC(C)(C)C)s1. The van der Waals surface area contributed by atoms with E-state index in [0.717, 1.165) is 5.01 Å². The number of hydrogen-bond acceptors (Lipinski definition) is 4. The molecule has 0 fully saturated rings. The number of rotatable bonds is 5.